The Morgan fingerprint density at radius 3 is 1.29 bits per heavy atom. The maximum atomic E-state index is 11.7. The van der Waals surface area contributed by atoms with Crippen LogP contribution in [0.25, 0.3) is 0 Å². The average Bonchev–Trinajstić information content (AvgIpc) is 2.66. The van der Waals surface area contributed by atoms with E-state index in [1.54, 1.807) is 24.3 Å². The molecule has 0 saturated carbocycles. The lowest BCUT2D eigenvalue weighted by Crippen LogP contribution is -2.25. The number of aryl methyl sites for hydroxylation is 2. The van der Waals surface area contributed by atoms with E-state index in [2.05, 4.69) is 20.1 Å². The van der Waals surface area contributed by atoms with E-state index in [1.165, 1.54) is 24.3 Å². The van der Waals surface area contributed by atoms with Gasteiger partial charge in [-0.05, 0) is 38.1 Å². The monoisotopic (exact) mass is 382 g/mol. The third kappa shape index (κ3) is 6.41. The Bertz CT molecular complexity index is 826. The molecule has 2 rings (SSSR count). The Balaban J connectivity index is 1.73. The first-order chi connectivity index (χ1) is 13.3. The highest BCUT2D eigenvalue weighted by molar-refractivity contribution is 5.97. The summed E-state index contributed by atoms with van der Waals surface area (Å²) in [6, 6.07) is 13.0. The fraction of sp³-hybridized carbons (Fsp3) is 0.100. The molecule has 0 unspecified atom stereocenters. The molecule has 0 aliphatic carbocycles. The van der Waals surface area contributed by atoms with Gasteiger partial charge in [-0.25, -0.2) is 19.2 Å². The second-order valence-electron chi connectivity index (χ2n) is 5.71. The zero-order valence-electron chi connectivity index (χ0n) is 15.2. The van der Waals surface area contributed by atoms with Gasteiger partial charge in [0.05, 0.1) is 11.1 Å². The molecule has 0 atom stereocenters. The van der Waals surface area contributed by atoms with Gasteiger partial charge in [0.15, 0.2) is 0 Å². The van der Waals surface area contributed by atoms with Crippen molar-refractivity contribution in [3.05, 3.63) is 83.2 Å². The lowest BCUT2D eigenvalue weighted by atomic mass is 10.1. The molecule has 28 heavy (non-hydrogen) atoms. The molecule has 0 saturated heterocycles. The van der Waals surface area contributed by atoms with Crippen LogP contribution in [0.3, 0.4) is 0 Å². The molecule has 0 aliphatic rings. The van der Waals surface area contributed by atoms with Crippen LogP contribution in [0.1, 0.15) is 31.8 Å². The van der Waals surface area contributed by atoms with Crippen LogP contribution in [0.15, 0.2) is 60.9 Å². The topological polar surface area (TPSA) is 111 Å². The standard InChI is InChI=1S/C20H18N2O6/c1-13-3-7-15(8-4-13)17(23)27-19(25)21-11-12-22-20(26)28-18(24)16-9-5-14(2)6-10-16/h3-12H,1-2H3,(H,21,25)(H,22,26)/b12-11+. The highest BCUT2D eigenvalue weighted by atomic mass is 16.6. The Kier molecular flexibility index (Phi) is 7.04. The second kappa shape index (κ2) is 9.67. The number of benzene rings is 2. The highest BCUT2D eigenvalue weighted by Crippen LogP contribution is 2.06. The van der Waals surface area contributed by atoms with Crippen LogP contribution in [0.4, 0.5) is 9.59 Å². The Morgan fingerprint density at radius 1 is 0.643 bits per heavy atom. The summed E-state index contributed by atoms with van der Waals surface area (Å²) in [5, 5.41) is 4.25. The van der Waals surface area contributed by atoms with Crippen LogP contribution in [0.5, 0.6) is 0 Å². The molecule has 2 amide bonds. The van der Waals surface area contributed by atoms with Crippen LogP contribution in [-0.2, 0) is 9.47 Å². The van der Waals surface area contributed by atoms with E-state index < -0.39 is 24.1 Å². The third-order valence-corrected chi connectivity index (χ3v) is 3.43. The summed E-state index contributed by atoms with van der Waals surface area (Å²) in [6.07, 6.45) is -0.0366. The van der Waals surface area contributed by atoms with Gasteiger partial charge >= 0.3 is 24.1 Å². The first-order valence-corrected chi connectivity index (χ1v) is 8.19. The van der Waals surface area contributed by atoms with Crippen molar-refractivity contribution in [1.29, 1.82) is 0 Å². The Labute approximate surface area is 161 Å². The minimum absolute atomic E-state index is 0.223. The smallest absolute Gasteiger partial charge is 0.372 e. The van der Waals surface area contributed by atoms with Gasteiger partial charge < -0.3 is 9.47 Å². The normalized spacial score (nSPS) is 10.2. The Morgan fingerprint density at radius 2 is 0.964 bits per heavy atom. The van der Waals surface area contributed by atoms with E-state index in [4.69, 9.17) is 0 Å². The van der Waals surface area contributed by atoms with Crippen molar-refractivity contribution in [2.75, 3.05) is 0 Å². The zero-order valence-corrected chi connectivity index (χ0v) is 15.2. The minimum atomic E-state index is -1.03. The number of carbonyl (C=O) groups is 4. The van der Waals surface area contributed by atoms with Crippen molar-refractivity contribution in [1.82, 2.24) is 10.6 Å². The summed E-state index contributed by atoms with van der Waals surface area (Å²) in [4.78, 5) is 46.6. The predicted molar refractivity (Wildman–Crippen MR) is 99.4 cm³/mol. The fourth-order valence-electron chi connectivity index (χ4n) is 1.94. The third-order valence-electron chi connectivity index (χ3n) is 3.43. The number of hydrogen-bond acceptors (Lipinski definition) is 6. The van der Waals surface area contributed by atoms with Crippen molar-refractivity contribution in [3.63, 3.8) is 0 Å². The zero-order chi connectivity index (χ0) is 20.5. The largest absolute Gasteiger partial charge is 0.419 e. The van der Waals surface area contributed by atoms with Gasteiger partial charge in [-0.15, -0.1) is 0 Å². The van der Waals surface area contributed by atoms with Crippen molar-refractivity contribution < 1.29 is 28.7 Å². The summed E-state index contributed by atoms with van der Waals surface area (Å²) in [5.41, 5.74) is 2.37. The molecule has 2 aromatic carbocycles. The van der Waals surface area contributed by atoms with Gasteiger partial charge in [0.25, 0.3) is 0 Å². The second-order valence-corrected chi connectivity index (χ2v) is 5.71. The lowest BCUT2D eigenvalue weighted by molar-refractivity contribution is 0.0612. The summed E-state index contributed by atoms with van der Waals surface area (Å²) in [7, 11) is 0. The molecule has 8 nitrogen and oxygen atoms in total. The molecular weight excluding hydrogens is 364 g/mol. The molecule has 2 N–H and O–H groups in total. The summed E-state index contributed by atoms with van der Waals surface area (Å²) < 4.78 is 9.15. The quantitative estimate of drug-likeness (QED) is 0.620. The average molecular weight is 382 g/mol. The predicted octanol–water partition coefficient (Wildman–Crippen LogP) is 3.21. The lowest BCUT2D eigenvalue weighted by Gasteiger charge is -2.04. The highest BCUT2D eigenvalue weighted by Gasteiger charge is 2.12. The Hall–Kier alpha value is -3.94. The van der Waals surface area contributed by atoms with Crippen LogP contribution in [0.2, 0.25) is 0 Å². The molecule has 0 aromatic heterocycles. The van der Waals surface area contributed by atoms with Crippen LogP contribution in [-0.4, -0.2) is 24.1 Å². The molecule has 0 spiro atoms. The number of nitrogens with one attached hydrogen (secondary N) is 2. The van der Waals surface area contributed by atoms with E-state index in [1.807, 2.05) is 13.8 Å². The van der Waals surface area contributed by atoms with Crippen molar-refractivity contribution in [2.24, 2.45) is 0 Å². The maximum Gasteiger partial charge on any atom is 0.419 e. The summed E-state index contributed by atoms with van der Waals surface area (Å²) in [6.45, 7) is 3.72. The van der Waals surface area contributed by atoms with Crippen LogP contribution in [0, 0.1) is 13.8 Å². The number of amides is 2. The number of esters is 2. The van der Waals surface area contributed by atoms with Gasteiger partial charge in [-0.1, -0.05) is 35.4 Å². The van der Waals surface area contributed by atoms with E-state index in [9.17, 15) is 19.2 Å². The number of ether oxygens (including phenoxy) is 2. The first-order valence-electron chi connectivity index (χ1n) is 8.19. The number of carbonyl (C=O) groups excluding carboxylic acids is 4. The van der Waals surface area contributed by atoms with Gasteiger partial charge in [0, 0.05) is 12.4 Å². The molecule has 0 heterocycles. The molecule has 0 radical (unpaired) electrons. The van der Waals surface area contributed by atoms with E-state index >= 15 is 0 Å². The molecule has 0 bridgehead atoms. The van der Waals surface area contributed by atoms with Crippen LogP contribution < -0.4 is 10.6 Å². The van der Waals surface area contributed by atoms with Crippen molar-refractivity contribution >= 4 is 24.1 Å². The van der Waals surface area contributed by atoms with E-state index in [0.29, 0.717) is 0 Å². The van der Waals surface area contributed by atoms with Crippen LogP contribution >= 0.6 is 0 Å². The summed E-state index contributed by atoms with van der Waals surface area (Å²) in [5.74, 6) is -1.64. The molecule has 2 aromatic rings. The molecule has 144 valence electrons. The number of rotatable bonds is 4. The molecule has 8 heteroatoms. The first kappa shape index (κ1) is 20.4. The van der Waals surface area contributed by atoms with Gasteiger partial charge in [-0.3, -0.25) is 10.6 Å². The minimum Gasteiger partial charge on any atom is -0.372 e. The number of alkyl carbamates (subject to hydrolysis) is 2. The van der Waals surface area contributed by atoms with E-state index in [-0.39, 0.29) is 11.1 Å². The van der Waals surface area contributed by atoms with Gasteiger partial charge in [0.2, 0.25) is 0 Å². The van der Waals surface area contributed by atoms with Gasteiger partial charge in [0.1, 0.15) is 0 Å². The van der Waals surface area contributed by atoms with E-state index in [0.717, 1.165) is 23.5 Å². The molecule has 0 aliphatic heterocycles. The maximum absolute atomic E-state index is 11.7. The molecular formula is C20H18N2O6. The number of hydrogen-bond donors (Lipinski definition) is 2. The SMILES string of the molecule is Cc1ccc(C(=O)OC(=O)N/C=C/NC(=O)OC(=O)c2ccc(C)cc2)cc1. The van der Waals surface area contributed by atoms with Crippen molar-refractivity contribution in [3.8, 4) is 0 Å². The van der Waals surface area contributed by atoms with Gasteiger partial charge in [-0.2, -0.15) is 0 Å². The van der Waals surface area contributed by atoms with Crippen molar-refractivity contribution in [2.45, 2.75) is 13.8 Å². The fourth-order valence-corrected chi connectivity index (χ4v) is 1.94. The molecule has 0 fully saturated rings. The summed E-state index contributed by atoms with van der Waals surface area (Å²) >= 11 is 0.